The second-order valence-corrected chi connectivity index (χ2v) is 7.94. The Balaban J connectivity index is 1.49. The van der Waals surface area contributed by atoms with Crippen molar-refractivity contribution in [2.24, 2.45) is 0 Å². The Morgan fingerprint density at radius 3 is 2.90 bits per heavy atom. The van der Waals surface area contributed by atoms with E-state index < -0.39 is 4.92 Å². The lowest BCUT2D eigenvalue weighted by Crippen LogP contribution is -2.35. The Labute approximate surface area is 172 Å². The third kappa shape index (κ3) is 4.00. The van der Waals surface area contributed by atoms with E-state index >= 15 is 0 Å². The number of carbonyl (C=O) groups is 1. The van der Waals surface area contributed by atoms with Crippen LogP contribution >= 0.6 is 11.3 Å². The van der Waals surface area contributed by atoms with E-state index in [0.717, 1.165) is 24.1 Å². The summed E-state index contributed by atoms with van der Waals surface area (Å²) in [7, 11) is 0. The Bertz CT molecular complexity index is 1080. The highest BCUT2D eigenvalue weighted by molar-refractivity contribution is 7.12. The molecule has 0 atom stereocenters. The zero-order valence-corrected chi connectivity index (χ0v) is 16.8. The number of nitrogens with zero attached hydrogens (tertiary/aromatic N) is 2. The average Bonchev–Trinajstić information content (AvgIpc) is 3.20. The molecule has 0 unspecified atom stereocenters. The lowest BCUT2D eigenvalue weighted by atomic mass is 9.99. The number of hydrogen-bond acceptors (Lipinski definition) is 5. The number of benzene rings is 2. The normalized spacial score (nSPS) is 13.1. The summed E-state index contributed by atoms with van der Waals surface area (Å²) in [5, 5.41) is 13.0. The van der Waals surface area contributed by atoms with Gasteiger partial charge in [0, 0.05) is 23.9 Å². The molecule has 148 valence electrons. The zero-order chi connectivity index (χ0) is 20.4. The van der Waals surface area contributed by atoms with Crippen LogP contribution in [-0.4, -0.2) is 17.4 Å². The van der Waals surface area contributed by atoms with Gasteiger partial charge in [0.25, 0.3) is 5.91 Å². The molecule has 0 aliphatic carbocycles. The summed E-state index contributed by atoms with van der Waals surface area (Å²) in [6.45, 7) is 2.93. The van der Waals surface area contributed by atoms with Crippen molar-refractivity contribution in [3.05, 3.63) is 85.6 Å². The summed E-state index contributed by atoms with van der Waals surface area (Å²) in [6, 6.07) is 14.3. The molecule has 0 spiro atoms. The maximum atomic E-state index is 13.1. The molecule has 1 amide bonds. The van der Waals surface area contributed by atoms with Crippen molar-refractivity contribution in [2.45, 2.75) is 26.4 Å². The molecule has 0 N–H and O–H groups in total. The van der Waals surface area contributed by atoms with Crippen LogP contribution in [0.3, 0.4) is 0 Å². The molecule has 0 saturated heterocycles. The van der Waals surface area contributed by atoms with Gasteiger partial charge in [0.1, 0.15) is 6.61 Å². The monoisotopic (exact) mass is 408 g/mol. The average molecular weight is 408 g/mol. The number of nitro groups is 1. The number of thiophene rings is 1. The number of hydrogen-bond donors (Lipinski definition) is 0. The van der Waals surface area contributed by atoms with Crippen molar-refractivity contribution in [2.75, 3.05) is 11.4 Å². The number of fused-ring (bicyclic) bond motifs is 1. The molecule has 29 heavy (non-hydrogen) atoms. The molecular weight excluding hydrogens is 388 g/mol. The van der Waals surface area contributed by atoms with Gasteiger partial charge in [-0.25, -0.2) is 0 Å². The van der Waals surface area contributed by atoms with E-state index in [9.17, 15) is 14.9 Å². The molecule has 1 aliphatic rings. The predicted octanol–water partition coefficient (Wildman–Crippen LogP) is 5.14. The fourth-order valence-corrected chi connectivity index (χ4v) is 4.37. The summed E-state index contributed by atoms with van der Waals surface area (Å²) in [5.74, 6) is 0.202. The maximum Gasteiger partial charge on any atom is 0.310 e. The zero-order valence-electron chi connectivity index (χ0n) is 16.0. The maximum absolute atomic E-state index is 13.1. The van der Waals surface area contributed by atoms with Gasteiger partial charge in [-0.2, -0.15) is 0 Å². The van der Waals surface area contributed by atoms with Crippen molar-refractivity contribution in [3.63, 3.8) is 0 Å². The molecule has 3 aromatic rings. The highest BCUT2D eigenvalue weighted by Gasteiger charge is 2.25. The van der Waals surface area contributed by atoms with Crippen molar-refractivity contribution in [3.8, 4) is 5.75 Å². The number of aryl methyl sites for hydroxylation is 2. The molecular formula is C22H20N2O4S. The minimum atomic E-state index is -0.465. The molecule has 0 radical (unpaired) electrons. The standard InChI is InChI=1S/C22H20N2O4S/c1-15-8-9-18-17(11-15)5-4-10-23(18)22(25)21-12-16(14-29-21)13-28-20-7-3-2-6-19(20)24(26)27/h2-3,6-9,11-12,14H,4-5,10,13H2,1H3. The summed E-state index contributed by atoms with van der Waals surface area (Å²) in [6.07, 6.45) is 1.93. The molecule has 1 aromatic heterocycles. The highest BCUT2D eigenvalue weighted by Crippen LogP contribution is 2.31. The van der Waals surface area contributed by atoms with Crippen molar-refractivity contribution in [1.82, 2.24) is 0 Å². The number of amides is 1. The number of rotatable bonds is 5. The first kappa shape index (κ1) is 19.1. The fraction of sp³-hybridized carbons (Fsp3) is 0.227. The molecule has 0 saturated carbocycles. The van der Waals surface area contributed by atoms with Crippen LogP contribution in [0.15, 0.2) is 53.9 Å². The first-order chi connectivity index (χ1) is 14.0. The topological polar surface area (TPSA) is 72.7 Å². The lowest BCUT2D eigenvalue weighted by molar-refractivity contribution is -0.385. The second kappa shape index (κ2) is 8.05. The van der Waals surface area contributed by atoms with Crippen LogP contribution in [-0.2, 0) is 13.0 Å². The van der Waals surface area contributed by atoms with Crippen LogP contribution in [0.4, 0.5) is 11.4 Å². The minimum Gasteiger partial charge on any atom is -0.482 e. The van der Waals surface area contributed by atoms with Gasteiger partial charge in [0.05, 0.1) is 9.80 Å². The van der Waals surface area contributed by atoms with Gasteiger partial charge in [-0.1, -0.05) is 29.8 Å². The molecule has 2 aromatic carbocycles. The van der Waals surface area contributed by atoms with Crippen molar-refractivity contribution < 1.29 is 14.5 Å². The van der Waals surface area contributed by atoms with Gasteiger partial charge in [0.15, 0.2) is 5.75 Å². The molecule has 4 rings (SSSR count). The summed E-state index contributed by atoms with van der Waals surface area (Å²) < 4.78 is 5.63. The van der Waals surface area contributed by atoms with E-state index in [0.29, 0.717) is 11.4 Å². The number of carbonyl (C=O) groups excluding carboxylic acids is 1. The molecule has 0 bridgehead atoms. The molecule has 2 heterocycles. The van der Waals surface area contributed by atoms with Gasteiger partial charge < -0.3 is 9.64 Å². The molecule has 1 aliphatic heterocycles. The van der Waals surface area contributed by atoms with Gasteiger partial charge in [-0.05, 0) is 48.9 Å². The Morgan fingerprint density at radius 1 is 1.24 bits per heavy atom. The van der Waals surface area contributed by atoms with Crippen LogP contribution in [0, 0.1) is 17.0 Å². The predicted molar refractivity (Wildman–Crippen MR) is 113 cm³/mol. The number of para-hydroxylation sites is 2. The molecule has 0 fully saturated rings. The summed E-state index contributed by atoms with van der Waals surface area (Å²) >= 11 is 1.37. The smallest absolute Gasteiger partial charge is 0.310 e. The summed E-state index contributed by atoms with van der Waals surface area (Å²) in [4.78, 5) is 26.2. The molecule has 7 heteroatoms. The Kier molecular flexibility index (Phi) is 5.31. The second-order valence-electron chi connectivity index (χ2n) is 7.03. The Hall–Kier alpha value is -3.19. The minimum absolute atomic E-state index is 0.0169. The van der Waals surface area contributed by atoms with Crippen LogP contribution in [0.25, 0.3) is 0 Å². The summed E-state index contributed by atoms with van der Waals surface area (Å²) in [5.41, 5.74) is 4.14. The van der Waals surface area contributed by atoms with Crippen molar-refractivity contribution >= 4 is 28.6 Å². The van der Waals surface area contributed by atoms with Crippen LogP contribution in [0.1, 0.15) is 32.8 Å². The lowest BCUT2D eigenvalue weighted by Gasteiger charge is -2.29. The van der Waals surface area contributed by atoms with Gasteiger partial charge in [-0.15, -0.1) is 11.3 Å². The quantitative estimate of drug-likeness (QED) is 0.433. The van der Waals surface area contributed by atoms with Gasteiger partial charge in [0.2, 0.25) is 0 Å². The van der Waals surface area contributed by atoms with E-state index in [4.69, 9.17) is 4.74 Å². The van der Waals surface area contributed by atoms with Crippen molar-refractivity contribution in [1.29, 1.82) is 0 Å². The first-order valence-electron chi connectivity index (χ1n) is 9.38. The van der Waals surface area contributed by atoms with Gasteiger partial charge in [-0.3, -0.25) is 14.9 Å². The number of ether oxygens (including phenoxy) is 1. The van der Waals surface area contributed by atoms with E-state index in [1.165, 1.54) is 28.5 Å². The largest absolute Gasteiger partial charge is 0.482 e. The van der Waals surface area contributed by atoms with E-state index in [2.05, 4.69) is 13.0 Å². The number of nitro benzene ring substituents is 1. The third-order valence-electron chi connectivity index (χ3n) is 4.92. The van der Waals surface area contributed by atoms with Crippen LogP contribution < -0.4 is 9.64 Å². The first-order valence-corrected chi connectivity index (χ1v) is 10.3. The van der Waals surface area contributed by atoms with Gasteiger partial charge >= 0.3 is 5.69 Å². The van der Waals surface area contributed by atoms with E-state index in [1.807, 2.05) is 28.5 Å². The SMILES string of the molecule is Cc1ccc2c(c1)CCCN2C(=O)c1cc(COc2ccccc2[N+](=O)[O-])cs1. The van der Waals surface area contributed by atoms with E-state index in [1.54, 1.807) is 18.2 Å². The Morgan fingerprint density at radius 2 is 2.07 bits per heavy atom. The number of anilines is 1. The highest BCUT2D eigenvalue weighted by atomic mass is 32.1. The van der Waals surface area contributed by atoms with Crippen LogP contribution in [0.2, 0.25) is 0 Å². The van der Waals surface area contributed by atoms with E-state index in [-0.39, 0.29) is 24.0 Å². The molecule has 6 nitrogen and oxygen atoms in total. The van der Waals surface area contributed by atoms with Crippen LogP contribution in [0.5, 0.6) is 5.75 Å². The third-order valence-corrected chi connectivity index (χ3v) is 5.89. The fourth-order valence-electron chi connectivity index (χ4n) is 3.52.